The minimum Gasteiger partial charge on any atom is -0.348 e. The van der Waals surface area contributed by atoms with Gasteiger partial charge in [0.25, 0.3) is 0 Å². The molecule has 3 heterocycles. The molecule has 1 atom stereocenters. The van der Waals surface area contributed by atoms with Gasteiger partial charge < -0.3 is 14.4 Å². The van der Waals surface area contributed by atoms with Crippen molar-refractivity contribution >= 4 is 15.7 Å². The molecule has 168 valence electrons. The third-order valence-electron chi connectivity index (χ3n) is 6.48. The number of benzene rings is 1. The van der Waals surface area contributed by atoms with Crippen molar-refractivity contribution in [2.75, 3.05) is 19.3 Å². The van der Waals surface area contributed by atoms with Gasteiger partial charge in [0, 0.05) is 48.9 Å². The highest BCUT2D eigenvalue weighted by Gasteiger charge is 2.33. The molecule has 10 heteroatoms. The highest BCUT2D eigenvalue weighted by Crippen LogP contribution is 2.31. The zero-order chi connectivity index (χ0) is 22.3. The predicted molar refractivity (Wildman–Crippen MR) is 116 cm³/mol. The lowest BCUT2D eigenvalue weighted by Crippen LogP contribution is -2.42. The lowest BCUT2D eigenvalue weighted by atomic mass is 9.87. The Morgan fingerprint density at radius 1 is 1.16 bits per heavy atom. The number of piperidine rings is 1. The molecule has 1 aromatic carbocycles. The predicted octanol–water partition coefficient (Wildman–Crippen LogP) is 2.37. The molecule has 0 saturated carbocycles. The van der Waals surface area contributed by atoms with E-state index in [1.54, 1.807) is 30.6 Å². The van der Waals surface area contributed by atoms with E-state index in [9.17, 15) is 13.2 Å². The van der Waals surface area contributed by atoms with Crippen LogP contribution in [0.25, 0.3) is 11.4 Å². The van der Waals surface area contributed by atoms with Crippen LogP contribution < -0.4 is 0 Å². The average Bonchev–Trinajstić information content (AvgIpc) is 3.47. The van der Waals surface area contributed by atoms with Crippen LogP contribution in [0.4, 0.5) is 0 Å². The van der Waals surface area contributed by atoms with Crippen molar-refractivity contribution in [2.24, 2.45) is 5.92 Å². The molecule has 1 saturated heterocycles. The number of imidazole rings is 1. The highest BCUT2D eigenvalue weighted by atomic mass is 32.2. The van der Waals surface area contributed by atoms with Gasteiger partial charge in [0.2, 0.25) is 17.6 Å². The van der Waals surface area contributed by atoms with Crippen molar-refractivity contribution in [3.63, 3.8) is 0 Å². The van der Waals surface area contributed by atoms with Crippen molar-refractivity contribution in [1.82, 2.24) is 25.0 Å². The molecule has 2 aromatic heterocycles. The van der Waals surface area contributed by atoms with Crippen molar-refractivity contribution in [2.45, 2.75) is 42.9 Å². The Kier molecular flexibility index (Phi) is 5.32. The maximum Gasteiger partial charge on any atom is 0.230 e. The minimum atomic E-state index is -3.25. The van der Waals surface area contributed by atoms with Crippen molar-refractivity contribution < 1.29 is 17.7 Å². The summed E-state index contributed by atoms with van der Waals surface area (Å²) in [6, 6.07) is 6.45. The maximum absolute atomic E-state index is 13.0. The van der Waals surface area contributed by atoms with E-state index in [0.29, 0.717) is 30.4 Å². The Morgan fingerprint density at radius 2 is 1.91 bits per heavy atom. The second-order valence-corrected chi connectivity index (χ2v) is 10.6. The number of sulfone groups is 1. The van der Waals surface area contributed by atoms with Gasteiger partial charge in [0.1, 0.15) is 0 Å². The molecule has 2 aliphatic rings. The summed E-state index contributed by atoms with van der Waals surface area (Å²) in [7, 11) is -3.25. The third kappa shape index (κ3) is 4.06. The van der Waals surface area contributed by atoms with Crippen molar-refractivity contribution in [3.8, 4) is 11.4 Å². The van der Waals surface area contributed by atoms with Crippen molar-refractivity contribution in [1.29, 1.82) is 0 Å². The second kappa shape index (κ2) is 8.16. The molecule has 1 N–H and O–H groups in total. The topological polar surface area (TPSA) is 122 Å². The Morgan fingerprint density at radius 3 is 2.62 bits per heavy atom. The van der Waals surface area contributed by atoms with E-state index in [1.807, 2.05) is 4.90 Å². The number of rotatable bonds is 4. The molecule has 1 aliphatic carbocycles. The smallest absolute Gasteiger partial charge is 0.230 e. The average molecular weight is 456 g/mol. The van der Waals surface area contributed by atoms with Crippen molar-refractivity contribution in [3.05, 3.63) is 47.9 Å². The first-order valence-electron chi connectivity index (χ1n) is 10.8. The van der Waals surface area contributed by atoms with E-state index in [4.69, 9.17) is 4.52 Å². The number of aromatic amines is 1. The lowest BCUT2D eigenvalue weighted by molar-refractivity contribution is -0.137. The summed E-state index contributed by atoms with van der Waals surface area (Å²) >= 11 is 0. The number of carbonyl (C=O) groups is 1. The summed E-state index contributed by atoms with van der Waals surface area (Å²) in [6.07, 6.45) is 6.88. The standard InChI is InChI=1S/C22H25N5O4S/c1-32(29,30)17-5-2-14(3-6-17)20-25-21(31-26-20)15-8-10-27(11-9-15)22(28)16-4-7-18-19(12-16)24-13-23-18/h2-3,5-6,13,15-16H,4,7-12H2,1H3,(H,23,24). The Labute approximate surface area is 186 Å². The summed E-state index contributed by atoms with van der Waals surface area (Å²) in [6.45, 7) is 1.35. The SMILES string of the molecule is CS(=O)(=O)c1ccc(-c2noc(C3CCN(C(=O)C4CCc5nc[nH]c5C4)CC3)n2)cc1. The van der Waals surface area contributed by atoms with E-state index in [1.165, 1.54) is 6.26 Å². The number of fused-ring (bicyclic) bond motifs is 1. The second-order valence-electron chi connectivity index (χ2n) is 8.62. The summed E-state index contributed by atoms with van der Waals surface area (Å²) in [5, 5.41) is 4.07. The number of carbonyl (C=O) groups excluding carboxylic acids is 1. The molecular formula is C22H25N5O4S. The van der Waals surface area contributed by atoms with Crippen LogP contribution in [0, 0.1) is 5.92 Å². The molecule has 5 rings (SSSR count). The zero-order valence-electron chi connectivity index (χ0n) is 17.8. The summed E-state index contributed by atoms with van der Waals surface area (Å²) in [5.41, 5.74) is 2.88. The first-order chi connectivity index (χ1) is 15.4. The van der Waals surface area contributed by atoms with Crippen LogP contribution in [0.3, 0.4) is 0 Å². The Hall–Kier alpha value is -3.01. The number of likely N-dealkylation sites (tertiary alicyclic amines) is 1. The van der Waals surface area contributed by atoms with E-state index in [-0.39, 0.29) is 22.6 Å². The number of H-pyrrole nitrogens is 1. The highest BCUT2D eigenvalue weighted by molar-refractivity contribution is 7.90. The number of aryl methyl sites for hydroxylation is 1. The molecule has 1 fully saturated rings. The van der Waals surface area contributed by atoms with E-state index in [2.05, 4.69) is 20.1 Å². The maximum atomic E-state index is 13.0. The Balaban J connectivity index is 1.20. The van der Waals surface area contributed by atoms with Crippen LogP contribution in [0.15, 0.2) is 40.0 Å². The minimum absolute atomic E-state index is 0.0180. The van der Waals surface area contributed by atoms with Crippen LogP contribution in [0.5, 0.6) is 0 Å². The molecule has 3 aromatic rings. The van der Waals surface area contributed by atoms with Crippen LogP contribution in [0.2, 0.25) is 0 Å². The fourth-order valence-corrected chi connectivity index (χ4v) is 5.22. The van der Waals surface area contributed by atoms with Gasteiger partial charge in [-0.25, -0.2) is 13.4 Å². The quantitative estimate of drug-likeness (QED) is 0.641. The largest absolute Gasteiger partial charge is 0.348 e. The van der Waals surface area contributed by atoms with Gasteiger partial charge >= 0.3 is 0 Å². The van der Waals surface area contributed by atoms with Crippen LogP contribution in [0.1, 0.15) is 42.5 Å². The van der Waals surface area contributed by atoms with Gasteiger partial charge in [-0.15, -0.1) is 0 Å². The lowest BCUT2D eigenvalue weighted by Gasteiger charge is -2.34. The number of nitrogens with zero attached hydrogens (tertiary/aromatic N) is 4. The summed E-state index contributed by atoms with van der Waals surface area (Å²) < 4.78 is 28.8. The fraction of sp³-hybridized carbons (Fsp3) is 0.455. The number of hydrogen-bond acceptors (Lipinski definition) is 7. The molecule has 1 amide bonds. The number of hydrogen-bond donors (Lipinski definition) is 1. The van der Waals surface area contributed by atoms with Gasteiger partial charge in [-0.05, 0) is 49.9 Å². The number of aromatic nitrogens is 4. The third-order valence-corrected chi connectivity index (χ3v) is 7.60. The fourth-order valence-electron chi connectivity index (χ4n) is 4.59. The molecule has 32 heavy (non-hydrogen) atoms. The molecule has 9 nitrogen and oxygen atoms in total. The number of nitrogens with one attached hydrogen (secondary N) is 1. The van der Waals surface area contributed by atoms with Crippen LogP contribution in [-0.2, 0) is 27.5 Å². The monoisotopic (exact) mass is 455 g/mol. The van der Waals surface area contributed by atoms with Gasteiger partial charge in [-0.3, -0.25) is 4.79 Å². The number of amides is 1. The molecule has 1 aliphatic heterocycles. The Bertz CT molecular complexity index is 1220. The molecule has 0 spiro atoms. The normalized spacial score (nSPS) is 19.7. The van der Waals surface area contributed by atoms with Gasteiger partial charge in [-0.1, -0.05) is 5.16 Å². The molecule has 1 unspecified atom stereocenters. The molecule has 0 bridgehead atoms. The van der Waals surface area contributed by atoms with Gasteiger partial charge in [-0.2, -0.15) is 4.98 Å². The molecule has 0 radical (unpaired) electrons. The van der Waals surface area contributed by atoms with Crippen LogP contribution in [-0.4, -0.2) is 58.7 Å². The van der Waals surface area contributed by atoms with Gasteiger partial charge in [0.05, 0.1) is 16.9 Å². The zero-order valence-corrected chi connectivity index (χ0v) is 18.6. The van der Waals surface area contributed by atoms with E-state index in [0.717, 1.165) is 43.5 Å². The summed E-state index contributed by atoms with van der Waals surface area (Å²) in [4.78, 5) is 27.2. The van der Waals surface area contributed by atoms with Crippen LogP contribution >= 0.6 is 0 Å². The summed E-state index contributed by atoms with van der Waals surface area (Å²) in [5.74, 6) is 1.36. The first kappa shape index (κ1) is 20.9. The molecular weight excluding hydrogens is 430 g/mol. The first-order valence-corrected chi connectivity index (χ1v) is 12.7. The van der Waals surface area contributed by atoms with E-state index < -0.39 is 9.84 Å². The van der Waals surface area contributed by atoms with Gasteiger partial charge in [0.15, 0.2) is 9.84 Å². The van der Waals surface area contributed by atoms with E-state index >= 15 is 0 Å².